The van der Waals surface area contributed by atoms with Crippen LogP contribution in [0.1, 0.15) is 6.42 Å². The molecule has 0 bridgehead atoms. The van der Waals surface area contributed by atoms with Crippen LogP contribution < -0.4 is 10.2 Å². The summed E-state index contributed by atoms with van der Waals surface area (Å²) in [6.07, 6.45) is 2.59. The lowest BCUT2D eigenvalue weighted by Gasteiger charge is -2.22. The Morgan fingerprint density at radius 2 is 2.00 bits per heavy atom. The van der Waals surface area contributed by atoms with E-state index in [-0.39, 0.29) is 18.1 Å². The fraction of sp³-hybridized carbons (Fsp3) is 0.353. The third-order valence-corrected chi connectivity index (χ3v) is 3.99. The third kappa shape index (κ3) is 4.26. The number of rotatable bonds is 4. The van der Waals surface area contributed by atoms with Crippen molar-refractivity contribution in [2.24, 2.45) is 0 Å². The summed E-state index contributed by atoms with van der Waals surface area (Å²) in [7, 11) is 0. The van der Waals surface area contributed by atoms with Gasteiger partial charge in [-0.3, -0.25) is 9.69 Å². The number of hydrogen-bond donors (Lipinski definition) is 1. The Morgan fingerprint density at radius 1 is 1.12 bits per heavy atom. The zero-order valence-electron chi connectivity index (χ0n) is 13.4. The van der Waals surface area contributed by atoms with Crippen molar-refractivity contribution in [2.45, 2.75) is 6.42 Å². The molecule has 0 aliphatic carbocycles. The number of anilines is 2. The molecule has 6 nitrogen and oxygen atoms in total. The molecule has 3 rings (SSSR count). The summed E-state index contributed by atoms with van der Waals surface area (Å²) in [6, 6.07) is 10.00. The zero-order valence-corrected chi connectivity index (χ0v) is 13.4. The number of nitrogens with one attached hydrogen (secondary N) is 1. The molecule has 24 heavy (non-hydrogen) atoms. The summed E-state index contributed by atoms with van der Waals surface area (Å²) in [5.41, 5.74) is 0.221. The van der Waals surface area contributed by atoms with Crippen molar-refractivity contribution in [2.75, 3.05) is 42.9 Å². The lowest BCUT2D eigenvalue weighted by Crippen LogP contribution is -2.36. The molecule has 7 heteroatoms. The Hall–Kier alpha value is -2.54. The number of hydrogen-bond acceptors (Lipinski definition) is 5. The quantitative estimate of drug-likeness (QED) is 0.926. The predicted molar refractivity (Wildman–Crippen MR) is 90.3 cm³/mol. The van der Waals surface area contributed by atoms with Gasteiger partial charge in [-0.15, -0.1) is 5.10 Å². The number of carbonyl (C=O) groups is 1. The van der Waals surface area contributed by atoms with Crippen molar-refractivity contribution in [3.05, 3.63) is 48.4 Å². The second-order valence-electron chi connectivity index (χ2n) is 5.73. The van der Waals surface area contributed by atoms with Crippen LogP contribution >= 0.6 is 0 Å². The number of carbonyl (C=O) groups excluding carboxylic acids is 1. The number of benzene rings is 1. The normalized spacial score (nSPS) is 15.8. The molecule has 0 unspecified atom stereocenters. The van der Waals surface area contributed by atoms with Crippen LogP contribution in [0.25, 0.3) is 0 Å². The second-order valence-corrected chi connectivity index (χ2v) is 5.73. The molecule has 1 fully saturated rings. The van der Waals surface area contributed by atoms with Crippen LogP contribution in [0.2, 0.25) is 0 Å². The van der Waals surface area contributed by atoms with Gasteiger partial charge in [-0.2, -0.15) is 5.10 Å². The Kier molecular flexibility index (Phi) is 5.32. The summed E-state index contributed by atoms with van der Waals surface area (Å²) >= 11 is 0. The van der Waals surface area contributed by atoms with Crippen LogP contribution in [0, 0.1) is 5.82 Å². The maximum absolute atomic E-state index is 13.6. The molecule has 1 aliphatic rings. The van der Waals surface area contributed by atoms with Crippen molar-refractivity contribution < 1.29 is 9.18 Å². The standard InChI is InChI=1S/C17H20FN5O/c18-14-5-1-2-6-15(14)20-17(24)13-22-9-4-10-23(12-11-22)16-7-3-8-19-21-16/h1-3,5-8H,4,9-13H2,(H,20,24). The maximum atomic E-state index is 13.6. The Labute approximate surface area is 140 Å². The molecule has 1 saturated heterocycles. The van der Waals surface area contributed by atoms with E-state index in [0.717, 1.165) is 38.4 Å². The fourth-order valence-electron chi connectivity index (χ4n) is 2.78. The molecule has 1 aromatic heterocycles. The van der Waals surface area contributed by atoms with Gasteiger partial charge in [0.25, 0.3) is 0 Å². The van der Waals surface area contributed by atoms with E-state index in [0.29, 0.717) is 0 Å². The molecule has 1 aromatic carbocycles. The summed E-state index contributed by atoms with van der Waals surface area (Å²) < 4.78 is 13.6. The van der Waals surface area contributed by atoms with Crippen molar-refractivity contribution in [1.82, 2.24) is 15.1 Å². The first-order valence-corrected chi connectivity index (χ1v) is 8.02. The van der Waals surface area contributed by atoms with Gasteiger partial charge >= 0.3 is 0 Å². The lowest BCUT2D eigenvalue weighted by molar-refractivity contribution is -0.117. The summed E-state index contributed by atoms with van der Waals surface area (Å²) in [4.78, 5) is 16.4. The van der Waals surface area contributed by atoms with E-state index in [9.17, 15) is 9.18 Å². The van der Waals surface area contributed by atoms with Gasteiger partial charge in [0.05, 0.1) is 12.2 Å². The van der Waals surface area contributed by atoms with E-state index >= 15 is 0 Å². The molecule has 1 amide bonds. The average molecular weight is 329 g/mol. The van der Waals surface area contributed by atoms with Crippen molar-refractivity contribution in [1.29, 1.82) is 0 Å². The minimum atomic E-state index is -0.421. The molecule has 2 heterocycles. The van der Waals surface area contributed by atoms with Gasteiger partial charge in [-0.25, -0.2) is 4.39 Å². The third-order valence-electron chi connectivity index (χ3n) is 3.99. The zero-order chi connectivity index (χ0) is 16.8. The molecule has 1 aliphatic heterocycles. The minimum Gasteiger partial charge on any atom is -0.354 e. The van der Waals surface area contributed by atoms with Gasteiger partial charge in [0.2, 0.25) is 5.91 Å². The number of halogens is 1. The summed E-state index contributed by atoms with van der Waals surface area (Å²) in [6.45, 7) is 3.49. The summed E-state index contributed by atoms with van der Waals surface area (Å²) in [5, 5.41) is 10.7. The smallest absolute Gasteiger partial charge is 0.238 e. The lowest BCUT2D eigenvalue weighted by atomic mass is 10.3. The number of aromatic nitrogens is 2. The van der Waals surface area contributed by atoms with Crippen LogP contribution in [0.15, 0.2) is 42.6 Å². The molecule has 0 atom stereocenters. The van der Waals surface area contributed by atoms with Gasteiger partial charge in [-0.1, -0.05) is 12.1 Å². The molecule has 0 spiro atoms. The van der Waals surface area contributed by atoms with Crippen LogP contribution in [-0.2, 0) is 4.79 Å². The van der Waals surface area contributed by atoms with Crippen molar-refractivity contribution >= 4 is 17.4 Å². The highest BCUT2D eigenvalue weighted by Crippen LogP contribution is 2.14. The SMILES string of the molecule is O=C(CN1CCCN(c2cccnn2)CC1)Nc1ccccc1F. The largest absolute Gasteiger partial charge is 0.354 e. The van der Waals surface area contributed by atoms with E-state index in [2.05, 4.69) is 25.3 Å². The fourth-order valence-corrected chi connectivity index (χ4v) is 2.78. The first-order valence-electron chi connectivity index (χ1n) is 8.02. The van der Waals surface area contributed by atoms with Gasteiger partial charge in [-0.05, 0) is 30.7 Å². The van der Waals surface area contributed by atoms with Gasteiger partial charge in [0, 0.05) is 32.4 Å². The van der Waals surface area contributed by atoms with E-state index in [4.69, 9.17) is 0 Å². The maximum Gasteiger partial charge on any atom is 0.238 e. The minimum absolute atomic E-state index is 0.201. The first-order chi connectivity index (χ1) is 11.7. The first kappa shape index (κ1) is 16.3. The second kappa shape index (κ2) is 7.83. The Bertz CT molecular complexity index is 682. The van der Waals surface area contributed by atoms with Crippen LogP contribution in [0.5, 0.6) is 0 Å². The topological polar surface area (TPSA) is 61.4 Å². The van der Waals surface area contributed by atoms with Gasteiger partial charge in [0.1, 0.15) is 5.82 Å². The van der Waals surface area contributed by atoms with Crippen LogP contribution in [-0.4, -0.2) is 53.7 Å². The van der Waals surface area contributed by atoms with E-state index in [1.54, 1.807) is 24.4 Å². The molecule has 126 valence electrons. The number of nitrogens with zero attached hydrogens (tertiary/aromatic N) is 4. The van der Waals surface area contributed by atoms with Crippen molar-refractivity contribution in [3.8, 4) is 0 Å². The van der Waals surface area contributed by atoms with E-state index in [1.165, 1.54) is 6.07 Å². The van der Waals surface area contributed by atoms with Crippen LogP contribution in [0.3, 0.4) is 0 Å². The molecule has 2 aromatic rings. The van der Waals surface area contributed by atoms with Gasteiger partial charge in [0.15, 0.2) is 5.82 Å². The summed E-state index contributed by atoms with van der Waals surface area (Å²) in [5.74, 6) is 0.235. The highest BCUT2D eigenvalue weighted by Gasteiger charge is 2.18. The van der Waals surface area contributed by atoms with Crippen molar-refractivity contribution in [3.63, 3.8) is 0 Å². The van der Waals surface area contributed by atoms with E-state index in [1.807, 2.05) is 12.1 Å². The predicted octanol–water partition coefficient (Wildman–Crippen LogP) is 1.77. The Balaban J connectivity index is 1.53. The highest BCUT2D eigenvalue weighted by atomic mass is 19.1. The monoisotopic (exact) mass is 329 g/mol. The molecule has 0 radical (unpaired) electrons. The highest BCUT2D eigenvalue weighted by molar-refractivity contribution is 5.92. The van der Waals surface area contributed by atoms with E-state index < -0.39 is 5.82 Å². The number of para-hydroxylation sites is 1. The average Bonchev–Trinajstić information content (AvgIpc) is 2.83. The molecule has 1 N–H and O–H groups in total. The number of amides is 1. The molecular formula is C17H20FN5O. The Morgan fingerprint density at radius 3 is 2.79 bits per heavy atom. The van der Waals surface area contributed by atoms with Crippen LogP contribution in [0.4, 0.5) is 15.9 Å². The molecular weight excluding hydrogens is 309 g/mol. The molecule has 0 saturated carbocycles. The van der Waals surface area contributed by atoms with Gasteiger partial charge < -0.3 is 10.2 Å².